The first kappa shape index (κ1) is 17.0. The number of aliphatic hydroxyl groups excluding tert-OH is 1. The van der Waals surface area contributed by atoms with E-state index < -0.39 is 0 Å². The number of nitrogens with one attached hydrogen (secondary N) is 1. The van der Waals surface area contributed by atoms with Crippen LogP contribution in [0.1, 0.15) is 47.8 Å². The predicted octanol–water partition coefficient (Wildman–Crippen LogP) is 2.92. The summed E-state index contributed by atoms with van der Waals surface area (Å²) in [6.07, 6.45) is 5.37. The molecule has 0 spiro atoms. The maximum absolute atomic E-state index is 12.8. The molecule has 1 atom stereocenters. The van der Waals surface area contributed by atoms with Crippen molar-refractivity contribution in [1.82, 2.24) is 10.3 Å². The van der Waals surface area contributed by atoms with Gasteiger partial charge in [0.1, 0.15) is 0 Å². The molecule has 1 aromatic carbocycles. The summed E-state index contributed by atoms with van der Waals surface area (Å²) >= 11 is 0. The van der Waals surface area contributed by atoms with Gasteiger partial charge in [0.05, 0.1) is 17.8 Å². The second-order valence-electron chi connectivity index (χ2n) is 7.33. The minimum atomic E-state index is -0.261. The molecule has 1 saturated carbocycles. The molecule has 0 radical (unpaired) electrons. The first-order valence-corrected chi connectivity index (χ1v) is 9.45. The largest absolute Gasteiger partial charge is 0.393 e. The molecule has 1 aromatic heterocycles. The van der Waals surface area contributed by atoms with Gasteiger partial charge >= 0.3 is 0 Å². The van der Waals surface area contributed by atoms with E-state index in [0.29, 0.717) is 18.4 Å². The molecule has 2 fully saturated rings. The number of anilines is 1. The second kappa shape index (κ2) is 7.46. The van der Waals surface area contributed by atoms with Gasteiger partial charge in [-0.3, -0.25) is 9.78 Å². The van der Waals surface area contributed by atoms with Crippen LogP contribution in [0, 0.1) is 5.92 Å². The van der Waals surface area contributed by atoms with Gasteiger partial charge in [0, 0.05) is 30.5 Å². The first-order valence-electron chi connectivity index (χ1n) is 9.45. The summed E-state index contributed by atoms with van der Waals surface area (Å²) in [5.74, 6) is 0.141. The number of hydrogen-bond donors (Lipinski definition) is 2. The van der Waals surface area contributed by atoms with Crippen LogP contribution in [-0.4, -0.2) is 35.2 Å². The van der Waals surface area contributed by atoms with Gasteiger partial charge in [0.25, 0.3) is 5.91 Å². The van der Waals surface area contributed by atoms with E-state index in [2.05, 4.69) is 15.2 Å². The van der Waals surface area contributed by atoms with E-state index in [1.807, 2.05) is 42.5 Å². The van der Waals surface area contributed by atoms with Crippen molar-refractivity contribution in [1.29, 1.82) is 0 Å². The van der Waals surface area contributed by atoms with Crippen molar-refractivity contribution in [2.45, 2.75) is 37.8 Å². The summed E-state index contributed by atoms with van der Waals surface area (Å²) in [7, 11) is 0. The number of pyridine rings is 1. The fraction of sp³-hybridized carbons (Fsp3) is 0.429. The van der Waals surface area contributed by atoms with Gasteiger partial charge in [0.15, 0.2) is 0 Å². The lowest BCUT2D eigenvalue weighted by atomic mass is 9.76. The standard InChI is InChI=1S/C21H25N3O2/c25-18-13-16(14-18)20(19-5-1-2-10-22-19)23-21(26)15-6-8-17(9-7-15)24-11-3-4-12-24/h1-2,5-10,16,18,20,25H,3-4,11-14H2,(H,23,26)/t16?,18?,20-/m1/s1. The van der Waals surface area contributed by atoms with E-state index in [-0.39, 0.29) is 24.0 Å². The zero-order chi connectivity index (χ0) is 17.9. The molecular weight excluding hydrogens is 326 g/mol. The highest BCUT2D eigenvalue weighted by Gasteiger charge is 2.36. The summed E-state index contributed by atoms with van der Waals surface area (Å²) in [5.41, 5.74) is 2.70. The molecule has 5 heteroatoms. The molecule has 1 aliphatic carbocycles. The summed E-state index contributed by atoms with van der Waals surface area (Å²) in [6, 6.07) is 13.4. The van der Waals surface area contributed by atoms with Crippen molar-refractivity contribution in [3.8, 4) is 0 Å². The Hall–Kier alpha value is -2.40. The Morgan fingerprint density at radius 2 is 1.85 bits per heavy atom. The van der Waals surface area contributed by atoms with Crippen molar-refractivity contribution < 1.29 is 9.90 Å². The second-order valence-corrected chi connectivity index (χ2v) is 7.33. The molecule has 2 N–H and O–H groups in total. The first-order chi connectivity index (χ1) is 12.7. The highest BCUT2D eigenvalue weighted by atomic mass is 16.3. The van der Waals surface area contributed by atoms with E-state index in [0.717, 1.165) is 18.8 Å². The van der Waals surface area contributed by atoms with E-state index in [1.54, 1.807) is 6.20 Å². The minimum Gasteiger partial charge on any atom is -0.393 e. The van der Waals surface area contributed by atoms with E-state index in [4.69, 9.17) is 0 Å². The number of carbonyl (C=O) groups excluding carboxylic acids is 1. The Morgan fingerprint density at radius 1 is 1.12 bits per heavy atom. The SMILES string of the molecule is O=C(N[C@@H](c1ccccn1)C1CC(O)C1)c1ccc(N2CCCC2)cc1. The lowest BCUT2D eigenvalue weighted by molar-refractivity contribution is 0.0228. The van der Waals surface area contributed by atoms with Crippen LogP contribution in [0.4, 0.5) is 5.69 Å². The summed E-state index contributed by atoms with van der Waals surface area (Å²) in [6.45, 7) is 2.19. The molecule has 2 aromatic rings. The summed E-state index contributed by atoms with van der Waals surface area (Å²) < 4.78 is 0. The molecule has 4 rings (SSSR count). The van der Waals surface area contributed by atoms with Crippen molar-refractivity contribution >= 4 is 11.6 Å². The van der Waals surface area contributed by atoms with Crippen LogP contribution < -0.4 is 10.2 Å². The topological polar surface area (TPSA) is 65.5 Å². The lowest BCUT2D eigenvalue weighted by Crippen LogP contribution is -2.41. The third kappa shape index (κ3) is 3.58. The molecule has 0 unspecified atom stereocenters. The van der Waals surface area contributed by atoms with Crippen LogP contribution in [0.15, 0.2) is 48.7 Å². The molecule has 1 amide bonds. The molecular formula is C21H25N3O2. The summed E-state index contributed by atoms with van der Waals surface area (Å²) in [5, 5.41) is 12.8. The third-order valence-electron chi connectivity index (χ3n) is 5.51. The Labute approximate surface area is 154 Å². The van der Waals surface area contributed by atoms with Crippen molar-refractivity contribution in [3.63, 3.8) is 0 Å². The molecule has 5 nitrogen and oxygen atoms in total. The minimum absolute atomic E-state index is 0.0879. The Bertz CT molecular complexity index is 736. The van der Waals surface area contributed by atoms with Crippen LogP contribution in [0.3, 0.4) is 0 Å². The highest BCUT2D eigenvalue weighted by molar-refractivity contribution is 5.94. The quantitative estimate of drug-likeness (QED) is 0.869. The zero-order valence-corrected chi connectivity index (χ0v) is 14.8. The number of rotatable bonds is 5. The molecule has 2 heterocycles. The molecule has 0 bridgehead atoms. The number of amides is 1. The fourth-order valence-electron chi connectivity index (χ4n) is 3.92. The van der Waals surface area contributed by atoms with Crippen molar-refractivity contribution in [3.05, 3.63) is 59.9 Å². The predicted molar refractivity (Wildman–Crippen MR) is 101 cm³/mol. The average molecular weight is 351 g/mol. The van der Waals surface area contributed by atoms with Gasteiger partial charge in [-0.2, -0.15) is 0 Å². The number of nitrogens with zero attached hydrogens (tertiary/aromatic N) is 2. The van der Waals surface area contributed by atoms with E-state index >= 15 is 0 Å². The van der Waals surface area contributed by atoms with Gasteiger partial charge in [-0.15, -0.1) is 0 Å². The molecule has 136 valence electrons. The van der Waals surface area contributed by atoms with Crippen LogP contribution in [0.2, 0.25) is 0 Å². The van der Waals surface area contributed by atoms with Crippen LogP contribution in [-0.2, 0) is 0 Å². The number of aromatic nitrogens is 1. The van der Waals surface area contributed by atoms with Crippen LogP contribution >= 0.6 is 0 Å². The Balaban J connectivity index is 1.47. The number of benzene rings is 1. The molecule has 1 aliphatic heterocycles. The van der Waals surface area contributed by atoms with Crippen molar-refractivity contribution in [2.24, 2.45) is 5.92 Å². The highest BCUT2D eigenvalue weighted by Crippen LogP contribution is 2.37. The summed E-state index contributed by atoms with van der Waals surface area (Å²) in [4.78, 5) is 19.5. The third-order valence-corrected chi connectivity index (χ3v) is 5.51. The van der Waals surface area contributed by atoms with E-state index in [1.165, 1.54) is 18.5 Å². The zero-order valence-electron chi connectivity index (χ0n) is 14.8. The Morgan fingerprint density at radius 3 is 2.46 bits per heavy atom. The maximum atomic E-state index is 12.8. The average Bonchev–Trinajstić information content (AvgIpc) is 3.19. The molecule has 1 saturated heterocycles. The van der Waals surface area contributed by atoms with E-state index in [9.17, 15) is 9.90 Å². The van der Waals surface area contributed by atoms with Crippen LogP contribution in [0.5, 0.6) is 0 Å². The number of aliphatic hydroxyl groups is 1. The molecule has 2 aliphatic rings. The smallest absolute Gasteiger partial charge is 0.251 e. The maximum Gasteiger partial charge on any atom is 0.251 e. The lowest BCUT2D eigenvalue weighted by Gasteiger charge is -2.37. The monoisotopic (exact) mass is 351 g/mol. The normalized spacial score (nSPS) is 23.3. The number of carbonyl (C=O) groups is 1. The van der Waals surface area contributed by atoms with Gasteiger partial charge in [-0.05, 0) is 68.0 Å². The van der Waals surface area contributed by atoms with Gasteiger partial charge in [0.2, 0.25) is 0 Å². The van der Waals surface area contributed by atoms with Crippen LogP contribution in [0.25, 0.3) is 0 Å². The van der Waals surface area contributed by atoms with Gasteiger partial charge < -0.3 is 15.3 Å². The fourth-order valence-corrected chi connectivity index (χ4v) is 3.92. The van der Waals surface area contributed by atoms with Crippen molar-refractivity contribution in [2.75, 3.05) is 18.0 Å². The van der Waals surface area contributed by atoms with Gasteiger partial charge in [-0.25, -0.2) is 0 Å². The van der Waals surface area contributed by atoms with Gasteiger partial charge in [-0.1, -0.05) is 6.07 Å². The Kier molecular flexibility index (Phi) is 4.89. The number of hydrogen-bond acceptors (Lipinski definition) is 4. The molecule has 26 heavy (non-hydrogen) atoms.